The predicted molar refractivity (Wildman–Crippen MR) is 125 cm³/mol. The van der Waals surface area contributed by atoms with E-state index in [9.17, 15) is 14.7 Å². The van der Waals surface area contributed by atoms with Crippen molar-refractivity contribution in [2.24, 2.45) is 0 Å². The number of aromatic nitrogens is 1. The normalized spacial score (nSPS) is 13.1. The van der Waals surface area contributed by atoms with Crippen LogP contribution in [-0.2, 0) is 22.7 Å². The molecule has 0 saturated carbocycles. The van der Waals surface area contributed by atoms with Gasteiger partial charge in [0, 0.05) is 42.5 Å². The summed E-state index contributed by atoms with van der Waals surface area (Å²) in [6.07, 6.45) is 0. The molecule has 166 valence electrons. The number of anilines is 1. The quantitative estimate of drug-likeness (QED) is 0.591. The SMILES string of the molecule is Cc1csc(-c2ccc(C)c(N(CC(=O)O)CC(=O)N(C)N3Cc4ccccc4C3)c2)n1. The molecule has 4 rings (SSSR count). The molecule has 2 heterocycles. The molecule has 32 heavy (non-hydrogen) atoms. The molecule has 1 amide bonds. The molecule has 7 nitrogen and oxygen atoms in total. The molecule has 1 aliphatic rings. The number of aliphatic carboxylic acids is 1. The highest BCUT2D eigenvalue weighted by Crippen LogP contribution is 2.30. The Bertz CT molecular complexity index is 1130. The molecule has 0 spiro atoms. The minimum absolute atomic E-state index is 0.0309. The van der Waals surface area contributed by atoms with E-state index in [1.165, 1.54) is 11.1 Å². The van der Waals surface area contributed by atoms with Gasteiger partial charge in [-0.2, -0.15) is 0 Å². The number of nitrogens with zero attached hydrogens (tertiary/aromatic N) is 4. The summed E-state index contributed by atoms with van der Waals surface area (Å²) in [6.45, 7) is 4.89. The first-order valence-corrected chi connectivity index (χ1v) is 11.3. The molecule has 2 aromatic carbocycles. The largest absolute Gasteiger partial charge is 0.480 e. The van der Waals surface area contributed by atoms with E-state index < -0.39 is 5.97 Å². The summed E-state index contributed by atoms with van der Waals surface area (Å²) in [7, 11) is 1.74. The number of hydrogen-bond donors (Lipinski definition) is 1. The summed E-state index contributed by atoms with van der Waals surface area (Å²) >= 11 is 1.54. The van der Waals surface area contributed by atoms with E-state index in [0.29, 0.717) is 13.1 Å². The molecule has 1 aromatic heterocycles. The molecule has 1 aliphatic heterocycles. The highest BCUT2D eigenvalue weighted by atomic mass is 32.1. The van der Waals surface area contributed by atoms with Gasteiger partial charge < -0.3 is 10.0 Å². The van der Waals surface area contributed by atoms with E-state index in [-0.39, 0.29) is 19.0 Å². The maximum atomic E-state index is 13.2. The maximum absolute atomic E-state index is 13.2. The van der Waals surface area contributed by atoms with Crippen molar-refractivity contribution in [1.82, 2.24) is 15.0 Å². The number of hydrogen-bond acceptors (Lipinski definition) is 6. The van der Waals surface area contributed by atoms with Gasteiger partial charge in [0.25, 0.3) is 5.91 Å². The predicted octanol–water partition coefficient (Wildman–Crippen LogP) is 3.71. The van der Waals surface area contributed by atoms with Crippen molar-refractivity contribution in [2.45, 2.75) is 26.9 Å². The standard InChI is InChI=1S/C24H26N4O3S/c1-16-8-9-18(24-25-17(2)15-32-24)10-21(16)27(14-23(30)31)13-22(29)26(3)28-11-19-6-4-5-7-20(19)12-28/h4-10,15H,11-14H2,1-3H3,(H,30,31). The van der Waals surface area contributed by atoms with Crippen LogP contribution in [0.3, 0.4) is 0 Å². The van der Waals surface area contributed by atoms with Gasteiger partial charge in [-0.1, -0.05) is 36.4 Å². The van der Waals surface area contributed by atoms with Crippen LogP contribution in [0.2, 0.25) is 0 Å². The molecule has 0 saturated heterocycles. The summed E-state index contributed by atoms with van der Waals surface area (Å²) in [6, 6.07) is 14.0. The summed E-state index contributed by atoms with van der Waals surface area (Å²) in [5.41, 5.74) is 5.90. The second-order valence-electron chi connectivity index (χ2n) is 8.05. The maximum Gasteiger partial charge on any atom is 0.323 e. The second kappa shape index (κ2) is 9.10. The van der Waals surface area contributed by atoms with Crippen molar-refractivity contribution >= 4 is 28.9 Å². The van der Waals surface area contributed by atoms with E-state index in [2.05, 4.69) is 17.1 Å². The van der Waals surface area contributed by atoms with Crippen molar-refractivity contribution in [3.63, 3.8) is 0 Å². The topological polar surface area (TPSA) is 77.0 Å². The zero-order valence-corrected chi connectivity index (χ0v) is 19.2. The number of hydrazine groups is 1. The Morgan fingerprint density at radius 1 is 1.09 bits per heavy atom. The summed E-state index contributed by atoms with van der Waals surface area (Å²) < 4.78 is 0. The number of carboxylic acid groups (broad SMARTS) is 1. The molecule has 0 radical (unpaired) electrons. The van der Waals surface area contributed by atoms with E-state index in [1.807, 2.05) is 54.6 Å². The fourth-order valence-electron chi connectivity index (χ4n) is 3.91. The van der Waals surface area contributed by atoms with Crippen molar-refractivity contribution in [1.29, 1.82) is 0 Å². The third-order valence-electron chi connectivity index (χ3n) is 5.68. The Balaban J connectivity index is 1.55. The number of amides is 1. The Morgan fingerprint density at radius 2 is 1.78 bits per heavy atom. The van der Waals surface area contributed by atoms with E-state index in [1.54, 1.807) is 28.3 Å². The zero-order chi connectivity index (χ0) is 22.8. The lowest BCUT2D eigenvalue weighted by atomic mass is 10.1. The molecule has 1 N–H and O–H groups in total. The minimum Gasteiger partial charge on any atom is -0.480 e. The first-order chi connectivity index (χ1) is 15.3. The summed E-state index contributed by atoms with van der Waals surface area (Å²) in [5, 5.41) is 16.0. The average molecular weight is 451 g/mol. The van der Waals surface area contributed by atoms with Crippen molar-refractivity contribution in [2.75, 3.05) is 25.0 Å². The summed E-state index contributed by atoms with van der Waals surface area (Å²) in [4.78, 5) is 30.9. The number of rotatable bonds is 7. The van der Waals surface area contributed by atoms with Crippen LogP contribution in [0, 0.1) is 13.8 Å². The monoisotopic (exact) mass is 450 g/mol. The smallest absolute Gasteiger partial charge is 0.323 e. The number of carbonyl (C=O) groups excluding carboxylic acids is 1. The van der Waals surface area contributed by atoms with Crippen LogP contribution >= 0.6 is 11.3 Å². The Labute approximate surface area is 191 Å². The molecular weight excluding hydrogens is 424 g/mol. The van der Waals surface area contributed by atoms with Crippen LogP contribution < -0.4 is 4.90 Å². The van der Waals surface area contributed by atoms with Crippen LogP contribution in [0.15, 0.2) is 47.8 Å². The van der Waals surface area contributed by atoms with Crippen molar-refractivity contribution in [3.05, 3.63) is 70.2 Å². The number of aryl methyl sites for hydroxylation is 2. The van der Waals surface area contributed by atoms with E-state index in [4.69, 9.17) is 0 Å². The lowest BCUT2D eigenvalue weighted by molar-refractivity contribution is -0.145. The highest BCUT2D eigenvalue weighted by Gasteiger charge is 2.27. The molecule has 0 fully saturated rings. The molecule has 3 aromatic rings. The fourth-order valence-corrected chi connectivity index (χ4v) is 4.70. The van der Waals surface area contributed by atoms with Gasteiger partial charge >= 0.3 is 5.97 Å². The second-order valence-corrected chi connectivity index (χ2v) is 8.91. The van der Waals surface area contributed by atoms with Crippen LogP contribution in [0.4, 0.5) is 5.69 Å². The molecule has 0 unspecified atom stereocenters. The molecular formula is C24H26N4O3S. The van der Waals surface area contributed by atoms with Gasteiger partial charge in [-0.25, -0.2) is 9.99 Å². The number of likely N-dealkylation sites (N-methyl/N-ethyl adjacent to an activating group) is 1. The highest BCUT2D eigenvalue weighted by molar-refractivity contribution is 7.13. The molecule has 0 aliphatic carbocycles. The first-order valence-electron chi connectivity index (χ1n) is 10.4. The van der Waals surface area contributed by atoms with Crippen LogP contribution in [0.5, 0.6) is 0 Å². The Kier molecular flexibility index (Phi) is 6.25. The van der Waals surface area contributed by atoms with Gasteiger partial charge in [0.1, 0.15) is 11.6 Å². The fraction of sp³-hybridized carbons (Fsp3) is 0.292. The lowest BCUT2D eigenvalue weighted by Crippen LogP contribution is -2.47. The Hall–Kier alpha value is -3.23. The van der Waals surface area contributed by atoms with Gasteiger partial charge in [-0.05, 0) is 36.6 Å². The van der Waals surface area contributed by atoms with E-state index in [0.717, 1.165) is 27.5 Å². The first kappa shape index (κ1) is 22.0. The van der Waals surface area contributed by atoms with Crippen molar-refractivity contribution in [3.8, 4) is 10.6 Å². The molecule has 0 atom stereocenters. The molecule has 8 heteroatoms. The Morgan fingerprint density at radius 3 is 2.38 bits per heavy atom. The number of thiazole rings is 1. The zero-order valence-electron chi connectivity index (χ0n) is 18.4. The van der Waals surface area contributed by atoms with Gasteiger partial charge in [0.15, 0.2) is 0 Å². The van der Waals surface area contributed by atoms with E-state index >= 15 is 0 Å². The van der Waals surface area contributed by atoms with Gasteiger partial charge in [-0.3, -0.25) is 14.6 Å². The third kappa shape index (κ3) is 4.66. The lowest BCUT2D eigenvalue weighted by Gasteiger charge is -2.31. The van der Waals surface area contributed by atoms with Gasteiger partial charge in [0.2, 0.25) is 0 Å². The van der Waals surface area contributed by atoms with Gasteiger partial charge in [0.05, 0.1) is 6.54 Å². The third-order valence-corrected chi connectivity index (χ3v) is 6.69. The number of fused-ring (bicyclic) bond motifs is 1. The number of carboxylic acids is 1. The average Bonchev–Trinajstić information content (AvgIpc) is 3.39. The number of benzene rings is 2. The number of carbonyl (C=O) groups is 2. The molecule has 0 bridgehead atoms. The van der Waals surface area contributed by atoms with Crippen LogP contribution in [-0.4, -0.2) is 52.1 Å². The minimum atomic E-state index is -0.982. The van der Waals surface area contributed by atoms with Crippen molar-refractivity contribution < 1.29 is 14.7 Å². The summed E-state index contributed by atoms with van der Waals surface area (Å²) in [5.74, 6) is -1.14. The van der Waals surface area contributed by atoms with Crippen LogP contribution in [0.1, 0.15) is 22.4 Å². The van der Waals surface area contributed by atoms with Gasteiger partial charge in [-0.15, -0.1) is 11.3 Å². The van der Waals surface area contributed by atoms with Crippen LogP contribution in [0.25, 0.3) is 10.6 Å².